The topological polar surface area (TPSA) is 80.3 Å². The number of rotatable bonds is 3. The average molecular weight is 316 g/mol. The number of phosphoric ester groups is 1. The Kier molecular flexibility index (Phi) is 4.40. The van der Waals surface area contributed by atoms with Crippen LogP contribution in [0.1, 0.15) is 0 Å². The fourth-order valence-corrected chi connectivity index (χ4v) is 3.26. The van der Waals surface area contributed by atoms with Crippen molar-refractivity contribution in [1.29, 1.82) is 0 Å². The lowest BCUT2D eigenvalue weighted by molar-refractivity contribution is 0.230. The number of terminal acetylenes is 1. The minimum Gasteiger partial charge on any atom is -0.398 e. The average Bonchev–Trinajstić information content (AvgIpc) is 3.00. The van der Waals surface area contributed by atoms with Crippen LogP contribution in [0.15, 0.2) is 23.9 Å². The molecule has 0 spiro atoms. The molecule has 3 unspecified atom stereocenters. The zero-order chi connectivity index (χ0) is 14.6. The van der Waals surface area contributed by atoms with Crippen LogP contribution in [0.4, 0.5) is 0 Å². The molecule has 0 aromatic carbocycles. The molecule has 2 aliphatic rings. The molecule has 0 bridgehead atoms. The van der Waals surface area contributed by atoms with Gasteiger partial charge in [0.25, 0.3) is 0 Å². The van der Waals surface area contributed by atoms with E-state index in [1.54, 1.807) is 0 Å². The first-order chi connectivity index (χ1) is 9.49. The summed E-state index contributed by atoms with van der Waals surface area (Å²) in [5.74, 6) is 8.59. The highest BCUT2D eigenvalue weighted by atomic mass is 31.2. The van der Waals surface area contributed by atoms with Crippen LogP contribution in [0.5, 0.6) is 0 Å². The normalized spacial score (nSPS) is 34.4. The van der Waals surface area contributed by atoms with Gasteiger partial charge in [0.2, 0.25) is 5.76 Å². The summed E-state index contributed by atoms with van der Waals surface area (Å²) in [5, 5.41) is 0. The van der Waals surface area contributed by atoms with Gasteiger partial charge in [0, 0.05) is 12.9 Å². The molecule has 0 aromatic heterocycles. The Bertz CT molecular complexity index is 646. The van der Waals surface area contributed by atoms with Crippen molar-refractivity contribution in [3.63, 3.8) is 0 Å². The molecule has 7 nitrogen and oxygen atoms in total. The second kappa shape index (κ2) is 5.89. The largest absolute Gasteiger partial charge is 0.587 e. The highest BCUT2D eigenvalue weighted by molar-refractivity contribution is 7.57. The van der Waals surface area contributed by atoms with Crippen LogP contribution < -0.4 is 0 Å². The van der Waals surface area contributed by atoms with Crippen molar-refractivity contribution in [2.24, 2.45) is 0 Å². The lowest BCUT2D eigenvalue weighted by atomic mass is 10.4. The third kappa shape index (κ3) is 3.55. The molecule has 0 aliphatic carbocycles. The second-order valence-electron chi connectivity index (χ2n) is 3.46. The third-order valence-electron chi connectivity index (χ3n) is 2.12. The van der Waals surface area contributed by atoms with Crippen LogP contribution in [0, 0.1) is 24.2 Å². The highest BCUT2D eigenvalue weighted by Gasteiger charge is 2.33. The molecule has 0 amide bonds. The van der Waals surface area contributed by atoms with Gasteiger partial charge in [-0.25, -0.2) is 4.57 Å². The summed E-state index contributed by atoms with van der Waals surface area (Å²) in [7, 11) is -5.70. The van der Waals surface area contributed by atoms with Gasteiger partial charge in [-0.3, -0.25) is 18.1 Å². The maximum absolute atomic E-state index is 11.9. The third-order valence-corrected chi connectivity index (χ3v) is 4.90. The molecule has 3 atom stereocenters. The smallest absolute Gasteiger partial charge is 0.398 e. The van der Waals surface area contributed by atoms with Crippen molar-refractivity contribution in [1.82, 2.24) is 0 Å². The van der Waals surface area contributed by atoms with Gasteiger partial charge in [-0.2, -0.15) is 0 Å². The van der Waals surface area contributed by atoms with Gasteiger partial charge in [0.15, 0.2) is 0 Å². The Balaban J connectivity index is 1.83. The summed E-state index contributed by atoms with van der Waals surface area (Å²) < 4.78 is 47.4. The summed E-state index contributed by atoms with van der Waals surface area (Å²) in [6.45, 7) is -0.184. The van der Waals surface area contributed by atoms with E-state index in [1.165, 1.54) is 19.0 Å². The molecule has 0 radical (unpaired) electrons. The van der Waals surface area contributed by atoms with Crippen LogP contribution >= 0.6 is 15.4 Å². The van der Waals surface area contributed by atoms with Gasteiger partial charge in [0.1, 0.15) is 19.0 Å². The fraction of sp³-hybridized carbons (Fsp3) is 0.273. The maximum Gasteiger partial charge on any atom is 0.587 e. The lowest BCUT2D eigenvalue weighted by Gasteiger charge is -2.09. The van der Waals surface area contributed by atoms with E-state index in [0.29, 0.717) is 0 Å². The number of hydrogen-bond donors (Lipinski definition) is 0. The Labute approximate surface area is 116 Å². The summed E-state index contributed by atoms with van der Waals surface area (Å²) in [5.41, 5.74) is 0. The van der Waals surface area contributed by atoms with E-state index < -0.39 is 21.5 Å². The van der Waals surface area contributed by atoms with Crippen molar-refractivity contribution in [3.8, 4) is 24.2 Å². The van der Waals surface area contributed by atoms with E-state index in [0.717, 1.165) is 6.26 Å². The molecule has 0 N–H and O–H groups in total. The van der Waals surface area contributed by atoms with Crippen molar-refractivity contribution in [2.75, 3.05) is 13.7 Å². The first kappa shape index (κ1) is 14.9. The standard InChI is InChI=1S/C11H10O7P2/c1-3-10-6-8-19(12,17-10)15-7-4-5-11-9-16-20(13,14-2)18-11/h1,6,8-10H,7H2,2H3. The SMILES string of the molecule is C#CC1C=CP(=O)(OCC#CC2=COP(=O)(OC)O2)O1. The molecular weight excluding hydrogens is 306 g/mol. The lowest BCUT2D eigenvalue weighted by Crippen LogP contribution is -1.99. The van der Waals surface area contributed by atoms with Crippen molar-refractivity contribution < 1.29 is 31.7 Å². The van der Waals surface area contributed by atoms with Gasteiger partial charge in [0.05, 0.1) is 0 Å². The Morgan fingerprint density at radius 2 is 2.30 bits per heavy atom. The predicted molar refractivity (Wildman–Crippen MR) is 69.0 cm³/mol. The molecule has 2 aliphatic heterocycles. The van der Waals surface area contributed by atoms with E-state index >= 15 is 0 Å². The fourth-order valence-electron chi connectivity index (χ4n) is 1.23. The van der Waals surface area contributed by atoms with E-state index in [-0.39, 0.29) is 12.4 Å². The van der Waals surface area contributed by atoms with Crippen LogP contribution in [0.25, 0.3) is 0 Å². The minimum absolute atomic E-state index is 0.0291. The Morgan fingerprint density at radius 1 is 1.50 bits per heavy atom. The van der Waals surface area contributed by atoms with Crippen molar-refractivity contribution >= 4 is 15.4 Å². The molecule has 20 heavy (non-hydrogen) atoms. The zero-order valence-electron chi connectivity index (χ0n) is 10.3. The molecule has 2 heterocycles. The Hall–Kier alpha value is -1.46. The molecule has 9 heteroatoms. The van der Waals surface area contributed by atoms with Gasteiger partial charge in [-0.1, -0.05) is 11.8 Å². The van der Waals surface area contributed by atoms with E-state index in [4.69, 9.17) is 20.0 Å². The molecule has 0 aromatic rings. The van der Waals surface area contributed by atoms with E-state index in [9.17, 15) is 9.13 Å². The second-order valence-corrected chi connectivity index (χ2v) is 6.96. The number of hydrogen-bond acceptors (Lipinski definition) is 7. The molecular formula is C11H10O7P2. The van der Waals surface area contributed by atoms with Crippen LogP contribution in [0.3, 0.4) is 0 Å². The quantitative estimate of drug-likeness (QED) is 0.584. The van der Waals surface area contributed by atoms with Gasteiger partial charge < -0.3 is 9.05 Å². The van der Waals surface area contributed by atoms with Crippen molar-refractivity contribution in [2.45, 2.75) is 6.10 Å². The van der Waals surface area contributed by atoms with Gasteiger partial charge >= 0.3 is 15.4 Å². The molecule has 0 saturated carbocycles. The Morgan fingerprint density at radius 3 is 2.90 bits per heavy atom. The van der Waals surface area contributed by atoms with E-state index in [1.807, 2.05) is 0 Å². The monoisotopic (exact) mass is 316 g/mol. The molecule has 106 valence electrons. The van der Waals surface area contributed by atoms with Gasteiger partial charge in [-0.15, -0.1) is 6.42 Å². The zero-order valence-corrected chi connectivity index (χ0v) is 12.1. The van der Waals surface area contributed by atoms with Crippen LogP contribution in [-0.2, 0) is 31.7 Å². The minimum atomic E-state index is -3.55. The van der Waals surface area contributed by atoms with Gasteiger partial charge in [-0.05, 0) is 12.0 Å². The number of phosphoric acid groups is 1. The summed E-state index contributed by atoms with van der Waals surface area (Å²) in [4.78, 5) is 0. The molecule has 0 saturated heterocycles. The first-order valence-electron chi connectivity index (χ1n) is 5.29. The summed E-state index contributed by atoms with van der Waals surface area (Å²) in [6.07, 6.45) is 7.01. The first-order valence-corrected chi connectivity index (χ1v) is 8.37. The molecule has 0 fully saturated rings. The number of allylic oxidation sites excluding steroid dienone is 1. The summed E-state index contributed by atoms with van der Waals surface area (Å²) in [6, 6.07) is 0. The van der Waals surface area contributed by atoms with Crippen molar-refractivity contribution in [3.05, 3.63) is 23.9 Å². The summed E-state index contributed by atoms with van der Waals surface area (Å²) >= 11 is 0. The molecule has 2 rings (SSSR count). The maximum atomic E-state index is 11.9. The van der Waals surface area contributed by atoms with E-state index in [2.05, 4.69) is 26.8 Å². The predicted octanol–water partition coefficient (Wildman–Crippen LogP) is 2.39. The highest BCUT2D eigenvalue weighted by Crippen LogP contribution is 2.55. The van der Waals surface area contributed by atoms with Crippen LogP contribution in [-0.4, -0.2) is 19.8 Å². The van der Waals surface area contributed by atoms with Crippen LogP contribution in [0.2, 0.25) is 0 Å².